The van der Waals surface area contributed by atoms with Crippen molar-refractivity contribution in [1.29, 1.82) is 0 Å². The molecule has 2 N–H and O–H groups in total. The van der Waals surface area contributed by atoms with Gasteiger partial charge < -0.3 is 15.5 Å². The Hall–Kier alpha value is -1.66. The molecule has 2 aromatic rings. The van der Waals surface area contributed by atoms with E-state index in [9.17, 15) is 0 Å². The zero-order valence-corrected chi connectivity index (χ0v) is 15.0. The SMILES string of the molecule is Cc1ccc(Nc2cc(NCCN(C)C)nc(C)n2)c(Br)c1. The summed E-state index contributed by atoms with van der Waals surface area (Å²) in [5.41, 5.74) is 2.20. The Morgan fingerprint density at radius 3 is 2.50 bits per heavy atom. The molecule has 22 heavy (non-hydrogen) atoms. The summed E-state index contributed by atoms with van der Waals surface area (Å²) in [5.74, 6) is 2.35. The summed E-state index contributed by atoms with van der Waals surface area (Å²) in [6.07, 6.45) is 0. The molecular formula is C16H22BrN5. The van der Waals surface area contributed by atoms with Crippen molar-refractivity contribution in [2.45, 2.75) is 13.8 Å². The highest BCUT2D eigenvalue weighted by molar-refractivity contribution is 9.10. The van der Waals surface area contributed by atoms with Gasteiger partial charge in [0.15, 0.2) is 0 Å². The predicted molar refractivity (Wildman–Crippen MR) is 96.0 cm³/mol. The summed E-state index contributed by atoms with van der Waals surface area (Å²) in [6.45, 7) is 5.76. The third-order valence-electron chi connectivity index (χ3n) is 3.09. The zero-order chi connectivity index (χ0) is 16.1. The second-order valence-electron chi connectivity index (χ2n) is 5.52. The van der Waals surface area contributed by atoms with Gasteiger partial charge in [-0.25, -0.2) is 9.97 Å². The van der Waals surface area contributed by atoms with Crippen molar-refractivity contribution in [1.82, 2.24) is 14.9 Å². The average molecular weight is 364 g/mol. The molecule has 0 aliphatic rings. The smallest absolute Gasteiger partial charge is 0.136 e. The lowest BCUT2D eigenvalue weighted by atomic mass is 10.2. The van der Waals surface area contributed by atoms with Gasteiger partial charge in [0.1, 0.15) is 17.5 Å². The van der Waals surface area contributed by atoms with Gasteiger partial charge in [0, 0.05) is 23.6 Å². The Labute approximate surface area is 140 Å². The maximum absolute atomic E-state index is 4.44. The fourth-order valence-corrected chi connectivity index (χ4v) is 2.58. The molecule has 0 radical (unpaired) electrons. The Morgan fingerprint density at radius 2 is 1.82 bits per heavy atom. The fourth-order valence-electron chi connectivity index (χ4n) is 1.99. The van der Waals surface area contributed by atoms with Gasteiger partial charge in [-0.3, -0.25) is 0 Å². The average Bonchev–Trinajstić information content (AvgIpc) is 2.41. The molecule has 0 fully saturated rings. The van der Waals surface area contributed by atoms with Crippen molar-refractivity contribution in [3.05, 3.63) is 40.1 Å². The van der Waals surface area contributed by atoms with E-state index in [0.717, 1.165) is 40.7 Å². The number of nitrogens with one attached hydrogen (secondary N) is 2. The molecule has 0 amide bonds. The highest BCUT2D eigenvalue weighted by Gasteiger charge is 2.05. The molecule has 118 valence electrons. The van der Waals surface area contributed by atoms with Gasteiger partial charge in [-0.15, -0.1) is 0 Å². The van der Waals surface area contributed by atoms with Crippen LogP contribution in [-0.4, -0.2) is 42.1 Å². The van der Waals surface area contributed by atoms with Crippen LogP contribution in [0.3, 0.4) is 0 Å². The number of rotatable bonds is 6. The standard InChI is InChI=1S/C16H22BrN5/c1-11-5-6-14(13(17)9-11)21-16-10-15(19-12(2)20-16)18-7-8-22(3)4/h5-6,9-10H,7-8H2,1-4H3,(H2,18,19,20,21). The van der Waals surface area contributed by atoms with Crippen LogP contribution in [0.2, 0.25) is 0 Å². The number of aromatic nitrogens is 2. The first-order chi connectivity index (χ1) is 10.4. The highest BCUT2D eigenvalue weighted by atomic mass is 79.9. The zero-order valence-electron chi connectivity index (χ0n) is 13.4. The van der Waals surface area contributed by atoms with Gasteiger partial charge in [0.25, 0.3) is 0 Å². The van der Waals surface area contributed by atoms with E-state index in [4.69, 9.17) is 0 Å². The van der Waals surface area contributed by atoms with Crippen molar-refractivity contribution in [2.24, 2.45) is 0 Å². The summed E-state index contributed by atoms with van der Waals surface area (Å²) < 4.78 is 1.02. The molecule has 0 aliphatic carbocycles. The first-order valence-electron chi connectivity index (χ1n) is 7.21. The van der Waals surface area contributed by atoms with Crippen LogP contribution in [0.4, 0.5) is 17.3 Å². The molecule has 6 heteroatoms. The molecule has 1 aromatic carbocycles. The summed E-state index contributed by atoms with van der Waals surface area (Å²) in [7, 11) is 4.10. The van der Waals surface area contributed by atoms with Crippen molar-refractivity contribution in [3.8, 4) is 0 Å². The quantitative estimate of drug-likeness (QED) is 0.821. The van der Waals surface area contributed by atoms with Crippen molar-refractivity contribution < 1.29 is 0 Å². The van der Waals surface area contributed by atoms with E-state index >= 15 is 0 Å². The number of halogens is 1. The maximum atomic E-state index is 4.44. The number of anilines is 3. The van der Waals surface area contributed by atoms with Crippen LogP contribution in [-0.2, 0) is 0 Å². The second kappa shape index (κ2) is 7.56. The van der Waals surface area contributed by atoms with E-state index in [-0.39, 0.29) is 0 Å². The van der Waals surface area contributed by atoms with Crippen LogP contribution in [0.1, 0.15) is 11.4 Å². The van der Waals surface area contributed by atoms with Crippen LogP contribution >= 0.6 is 15.9 Å². The Balaban J connectivity index is 2.12. The molecule has 0 saturated carbocycles. The number of aryl methyl sites for hydroxylation is 2. The predicted octanol–water partition coefficient (Wildman–Crippen LogP) is 3.57. The van der Waals surface area contributed by atoms with Crippen LogP contribution in [0.5, 0.6) is 0 Å². The van der Waals surface area contributed by atoms with E-state index in [1.165, 1.54) is 5.56 Å². The van der Waals surface area contributed by atoms with Crippen molar-refractivity contribution in [3.63, 3.8) is 0 Å². The number of hydrogen-bond donors (Lipinski definition) is 2. The minimum absolute atomic E-state index is 0.737. The van der Waals surface area contributed by atoms with Gasteiger partial charge in [-0.05, 0) is 61.6 Å². The fraction of sp³-hybridized carbons (Fsp3) is 0.375. The first kappa shape index (κ1) is 16.7. The third kappa shape index (κ3) is 4.96. The van der Waals surface area contributed by atoms with Crippen LogP contribution in [0, 0.1) is 13.8 Å². The van der Waals surface area contributed by atoms with Gasteiger partial charge in [0.05, 0.1) is 5.69 Å². The van der Waals surface area contributed by atoms with E-state index in [2.05, 4.69) is 74.6 Å². The third-order valence-corrected chi connectivity index (χ3v) is 3.75. The van der Waals surface area contributed by atoms with Gasteiger partial charge in [-0.1, -0.05) is 6.07 Å². The van der Waals surface area contributed by atoms with E-state index in [1.54, 1.807) is 0 Å². The molecule has 0 aliphatic heterocycles. The van der Waals surface area contributed by atoms with Crippen molar-refractivity contribution >= 4 is 33.3 Å². The molecule has 5 nitrogen and oxygen atoms in total. The summed E-state index contributed by atoms with van der Waals surface area (Å²) in [6, 6.07) is 8.11. The van der Waals surface area contributed by atoms with E-state index in [0.29, 0.717) is 0 Å². The number of nitrogens with zero attached hydrogens (tertiary/aromatic N) is 3. The normalized spacial score (nSPS) is 10.8. The number of hydrogen-bond acceptors (Lipinski definition) is 5. The lowest BCUT2D eigenvalue weighted by Crippen LogP contribution is -2.21. The van der Waals surface area contributed by atoms with Crippen LogP contribution in [0.15, 0.2) is 28.7 Å². The molecule has 0 spiro atoms. The molecule has 1 heterocycles. The summed E-state index contributed by atoms with van der Waals surface area (Å²) >= 11 is 3.57. The van der Waals surface area contributed by atoms with Gasteiger partial charge in [-0.2, -0.15) is 0 Å². The minimum Gasteiger partial charge on any atom is -0.369 e. The minimum atomic E-state index is 0.737. The first-order valence-corrected chi connectivity index (χ1v) is 8.01. The lowest BCUT2D eigenvalue weighted by Gasteiger charge is -2.13. The molecule has 0 atom stereocenters. The second-order valence-corrected chi connectivity index (χ2v) is 6.38. The van der Waals surface area contributed by atoms with Gasteiger partial charge in [0.2, 0.25) is 0 Å². The lowest BCUT2D eigenvalue weighted by molar-refractivity contribution is 0.425. The summed E-state index contributed by atoms with van der Waals surface area (Å²) in [5, 5.41) is 6.65. The molecule has 0 saturated heterocycles. The molecule has 1 aromatic heterocycles. The van der Waals surface area contributed by atoms with Crippen LogP contribution < -0.4 is 10.6 Å². The largest absolute Gasteiger partial charge is 0.369 e. The monoisotopic (exact) mass is 363 g/mol. The molecular weight excluding hydrogens is 342 g/mol. The van der Waals surface area contributed by atoms with Crippen molar-refractivity contribution in [2.75, 3.05) is 37.8 Å². The Morgan fingerprint density at radius 1 is 1.09 bits per heavy atom. The number of benzene rings is 1. The van der Waals surface area contributed by atoms with E-state index in [1.807, 2.05) is 19.1 Å². The molecule has 0 bridgehead atoms. The molecule has 0 unspecified atom stereocenters. The Bertz CT molecular complexity index is 642. The van der Waals surface area contributed by atoms with Gasteiger partial charge >= 0.3 is 0 Å². The Kier molecular flexibility index (Phi) is 5.74. The maximum Gasteiger partial charge on any atom is 0.136 e. The molecule has 2 rings (SSSR count). The van der Waals surface area contributed by atoms with E-state index < -0.39 is 0 Å². The number of likely N-dealkylation sites (N-methyl/N-ethyl adjacent to an activating group) is 1. The summed E-state index contributed by atoms with van der Waals surface area (Å²) in [4.78, 5) is 11.0. The van der Waals surface area contributed by atoms with Crippen LogP contribution in [0.25, 0.3) is 0 Å². The highest BCUT2D eigenvalue weighted by Crippen LogP contribution is 2.26. The topological polar surface area (TPSA) is 53.1 Å².